The summed E-state index contributed by atoms with van der Waals surface area (Å²) in [5.74, 6) is -2.65. The molecule has 1 aromatic heterocycles. The fourth-order valence-electron chi connectivity index (χ4n) is 4.75. The van der Waals surface area contributed by atoms with Crippen LogP contribution >= 0.6 is 11.3 Å². The maximum atomic E-state index is 14.0. The summed E-state index contributed by atoms with van der Waals surface area (Å²) in [5.41, 5.74) is -2.90. The van der Waals surface area contributed by atoms with Crippen molar-refractivity contribution in [3.8, 4) is 5.75 Å². The highest BCUT2D eigenvalue weighted by Crippen LogP contribution is 2.50. The van der Waals surface area contributed by atoms with Crippen molar-refractivity contribution in [1.29, 1.82) is 0 Å². The predicted octanol–water partition coefficient (Wildman–Crippen LogP) is 4.39. The van der Waals surface area contributed by atoms with Crippen LogP contribution in [0.15, 0.2) is 24.3 Å². The van der Waals surface area contributed by atoms with Gasteiger partial charge in [-0.15, -0.1) is 11.3 Å². The summed E-state index contributed by atoms with van der Waals surface area (Å²) in [6.45, 7) is 3.32. The molecule has 0 unspecified atom stereocenters. The van der Waals surface area contributed by atoms with Crippen LogP contribution in [0.4, 0.5) is 18.2 Å². The molecule has 3 heterocycles. The number of hydrogen-bond donors (Lipinski definition) is 1. The average molecular weight is 607 g/mol. The highest BCUT2D eigenvalue weighted by molar-refractivity contribution is 7.91. The van der Waals surface area contributed by atoms with E-state index in [1.54, 1.807) is 24.3 Å². The molecule has 220 valence electrons. The smallest absolute Gasteiger partial charge is 0.425 e. The number of ether oxygens (including phenoxy) is 3. The van der Waals surface area contributed by atoms with Gasteiger partial charge in [-0.2, -0.15) is 21.6 Å². The maximum Gasteiger partial charge on any atom is 0.425 e. The zero-order valence-corrected chi connectivity index (χ0v) is 23.8. The van der Waals surface area contributed by atoms with Crippen LogP contribution in [0, 0.1) is 6.92 Å². The molecule has 1 atom stereocenters. The molecule has 0 saturated carbocycles. The van der Waals surface area contributed by atoms with Crippen LogP contribution in [0.5, 0.6) is 5.75 Å². The third-order valence-corrected chi connectivity index (χ3v) is 10.3. The molecule has 2 aliphatic rings. The zero-order valence-electron chi connectivity index (χ0n) is 22.1. The van der Waals surface area contributed by atoms with Gasteiger partial charge in [0.1, 0.15) is 21.7 Å². The van der Waals surface area contributed by atoms with E-state index in [1.165, 1.54) is 7.11 Å². The van der Waals surface area contributed by atoms with Gasteiger partial charge in [-0.25, -0.2) is 13.4 Å². The van der Waals surface area contributed by atoms with Crippen molar-refractivity contribution in [3.63, 3.8) is 0 Å². The van der Waals surface area contributed by atoms with Crippen molar-refractivity contribution in [2.24, 2.45) is 0 Å². The fourth-order valence-corrected chi connectivity index (χ4v) is 8.01. The number of methoxy groups -OCH3 is 1. The Labute approximate surface area is 233 Å². The van der Waals surface area contributed by atoms with Crippen molar-refractivity contribution < 1.29 is 50.5 Å². The number of thiophene rings is 1. The lowest BCUT2D eigenvalue weighted by molar-refractivity contribution is -0.145. The minimum atomic E-state index is -5.01. The molecule has 1 N–H and O–H groups in total. The summed E-state index contributed by atoms with van der Waals surface area (Å²) in [7, 11) is -3.60. The van der Waals surface area contributed by atoms with Crippen LogP contribution in [-0.4, -0.2) is 68.2 Å². The molecule has 4 rings (SSSR count). The van der Waals surface area contributed by atoms with E-state index >= 15 is 0 Å². The standard InChI is InChI=1S/C25H29F3N2O8S2/c1-14-19-21(31)30(24(2,3)23(32)33)40(34,35)29(22(19)39-20(14)25(26,27)28)13-18(38-15-9-11-37-12-10-15)16-7-5-6-8-17(16)36-4/h5-8,15,18H,9-13H2,1-4H3,(H,32,33)/t18-/m0/s1. The van der Waals surface area contributed by atoms with Crippen molar-refractivity contribution in [2.75, 3.05) is 31.2 Å². The van der Waals surface area contributed by atoms with Crippen LogP contribution in [0.2, 0.25) is 0 Å². The van der Waals surface area contributed by atoms with E-state index in [2.05, 4.69) is 0 Å². The SMILES string of the molecule is COc1ccccc1[C@H](CN1c2sc(C(F)(F)F)c(C)c2C(=O)N(C(C)(C)C(=O)O)S1(=O)=O)OC1CCOCC1. The molecule has 2 aliphatic heterocycles. The largest absolute Gasteiger partial charge is 0.496 e. The van der Waals surface area contributed by atoms with Crippen LogP contribution in [0.1, 0.15) is 59.2 Å². The summed E-state index contributed by atoms with van der Waals surface area (Å²) in [5, 5.41) is 9.36. The Bertz CT molecular complexity index is 1400. The Kier molecular flexibility index (Phi) is 8.15. The number of anilines is 1. The summed E-state index contributed by atoms with van der Waals surface area (Å²) in [6.07, 6.45) is -5.30. The summed E-state index contributed by atoms with van der Waals surface area (Å²) in [6, 6.07) is 6.64. The third kappa shape index (κ3) is 5.27. The molecular weight excluding hydrogens is 577 g/mol. The van der Waals surface area contributed by atoms with Gasteiger partial charge in [-0.1, -0.05) is 18.2 Å². The van der Waals surface area contributed by atoms with Crippen molar-refractivity contribution in [1.82, 2.24) is 4.31 Å². The van der Waals surface area contributed by atoms with E-state index in [-0.39, 0.29) is 21.7 Å². The van der Waals surface area contributed by atoms with Crippen LogP contribution in [0.25, 0.3) is 0 Å². The number of halogens is 3. The van der Waals surface area contributed by atoms with E-state index in [1.807, 2.05) is 0 Å². The molecule has 0 aliphatic carbocycles. The number of hydrogen-bond acceptors (Lipinski definition) is 8. The molecule has 1 aromatic carbocycles. The van der Waals surface area contributed by atoms with Crippen molar-refractivity contribution in [2.45, 2.75) is 57.5 Å². The second-order valence-corrected chi connectivity index (χ2v) is 12.6. The lowest BCUT2D eigenvalue weighted by Crippen LogP contribution is -2.62. The number of para-hydroxylation sites is 1. The molecule has 1 saturated heterocycles. The van der Waals surface area contributed by atoms with Crippen LogP contribution in [0.3, 0.4) is 0 Å². The van der Waals surface area contributed by atoms with Crippen molar-refractivity contribution in [3.05, 3.63) is 45.8 Å². The lowest BCUT2D eigenvalue weighted by atomic mass is 10.0. The molecule has 15 heteroatoms. The number of fused-ring (bicyclic) bond motifs is 1. The predicted molar refractivity (Wildman–Crippen MR) is 139 cm³/mol. The van der Waals surface area contributed by atoms with E-state index in [0.29, 0.717) is 41.7 Å². The first-order chi connectivity index (χ1) is 18.6. The number of carbonyl (C=O) groups excluding carboxylic acids is 1. The van der Waals surface area contributed by atoms with Gasteiger partial charge in [-0.3, -0.25) is 4.79 Å². The third-order valence-electron chi connectivity index (χ3n) is 6.89. The number of alkyl halides is 3. The van der Waals surface area contributed by atoms with E-state index in [0.717, 1.165) is 20.8 Å². The van der Waals surface area contributed by atoms with Gasteiger partial charge in [-0.05, 0) is 45.2 Å². The average Bonchev–Trinajstić information content (AvgIpc) is 3.23. The van der Waals surface area contributed by atoms with Crippen LogP contribution < -0.4 is 9.04 Å². The molecule has 0 spiro atoms. The van der Waals surface area contributed by atoms with E-state index in [4.69, 9.17) is 14.2 Å². The summed E-state index contributed by atoms with van der Waals surface area (Å²) < 4.78 is 87.8. The summed E-state index contributed by atoms with van der Waals surface area (Å²) >= 11 is 0.117. The topological polar surface area (TPSA) is 123 Å². The van der Waals surface area contributed by atoms with E-state index < -0.39 is 67.5 Å². The van der Waals surface area contributed by atoms with Gasteiger partial charge < -0.3 is 19.3 Å². The monoisotopic (exact) mass is 606 g/mol. The normalized spacial score (nSPS) is 18.9. The molecular formula is C25H29F3N2O8S2. The number of amides is 1. The Morgan fingerprint density at radius 1 is 1.23 bits per heavy atom. The molecule has 10 nitrogen and oxygen atoms in total. The van der Waals surface area contributed by atoms with Crippen LogP contribution in [-0.2, 0) is 30.7 Å². The fraction of sp³-hybridized carbons (Fsp3) is 0.520. The number of carboxylic acid groups (broad SMARTS) is 1. The zero-order chi connectivity index (χ0) is 29.6. The molecule has 0 bridgehead atoms. The van der Waals surface area contributed by atoms with Gasteiger partial charge in [0.15, 0.2) is 5.54 Å². The first-order valence-electron chi connectivity index (χ1n) is 12.3. The first kappa shape index (κ1) is 30.1. The molecule has 2 aromatic rings. The Morgan fingerprint density at radius 3 is 2.42 bits per heavy atom. The quantitative estimate of drug-likeness (QED) is 0.470. The minimum absolute atomic E-state index is 0.117. The minimum Gasteiger partial charge on any atom is -0.496 e. The number of rotatable bonds is 8. The Morgan fingerprint density at radius 2 is 1.85 bits per heavy atom. The Balaban J connectivity index is 1.92. The van der Waals surface area contributed by atoms with Gasteiger partial charge >= 0.3 is 22.4 Å². The number of carboxylic acids is 1. The second kappa shape index (κ2) is 10.8. The van der Waals surface area contributed by atoms with E-state index in [9.17, 15) is 36.3 Å². The Hall–Kier alpha value is -2.88. The van der Waals surface area contributed by atoms with Gasteiger partial charge in [0.05, 0.1) is 25.3 Å². The summed E-state index contributed by atoms with van der Waals surface area (Å²) in [4.78, 5) is 24.4. The lowest BCUT2D eigenvalue weighted by Gasteiger charge is -2.42. The molecule has 1 amide bonds. The van der Waals surface area contributed by atoms with Crippen molar-refractivity contribution >= 4 is 38.4 Å². The highest BCUT2D eigenvalue weighted by atomic mass is 32.2. The molecule has 1 fully saturated rings. The molecule has 40 heavy (non-hydrogen) atoms. The number of carbonyl (C=O) groups is 2. The molecule has 0 radical (unpaired) electrons. The van der Waals surface area contributed by atoms with Gasteiger partial charge in [0, 0.05) is 18.8 Å². The number of nitrogens with zero attached hydrogens (tertiary/aromatic N) is 2. The highest BCUT2D eigenvalue weighted by Gasteiger charge is 2.55. The number of benzene rings is 1. The number of aliphatic carboxylic acids is 1. The second-order valence-electron chi connectivity index (χ2n) is 9.89. The maximum absolute atomic E-state index is 14.0. The first-order valence-corrected chi connectivity index (χ1v) is 14.5. The van der Waals surface area contributed by atoms with Gasteiger partial charge in [0.2, 0.25) is 0 Å². The van der Waals surface area contributed by atoms with Gasteiger partial charge in [0.25, 0.3) is 5.91 Å².